The molecule has 1 atom stereocenters. The van der Waals surface area contributed by atoms with Crippen LogP contribution in [0.1, 0.15) is 10.5 Å². The molecule has 2 aliphatic heterocycles. The van der Waals surface area contributed by atoms with Gasteiger partial charge in [0, 0.05) is 12.7 Å². The van der Waals surface area contributed by atoms with Crippen molar-refractivity contribution in [1.82, 2.24) is 25.2 Å². The molecule has 1 aromatic rings. The molecule has 2 bridgehead atoms. The first-order valence-electron chi connectivity index (χ1n) is 6.70. The summed E-state index contributed by atoms with van der Waals surface area (Å²) in [7, 11) is 0. The Balaban J connectivity index is 1.68. The molecule has 1 saturated heterocycles. The van der Waals surface area contributed by atoms with E-state index in [1.54, 1.807) is 12.3 Å². The van der Waals surface area contributed by atoms with Crippen LogP contribution < -0.4 is 11.2 Å². The van der Waals surface area contributed by atoms with Gasteiger partial charge in [0.25, 0.3) is 5.91 Å². The summed E-state index contributed by atoms with van der Waals surface area (Å²) in [6.07, 6.45) is 3.26. The third-order valence-electron chi connectivity index (χ3n) is 3.42. The van der Waals surface area contributed by atoms with Crippen LogP contribution in [0.5, 0.6) is 0 Å². The highest BCUT2D eigenvalue weighted by molar-refractivity contribution is 5.91. The summed E-state index contributed by atoms with van der Waals surface area (Å²) in [6, 6.07) is 0.548. The maximum Gasteiger partial charge on any atom is 0.344 e. The molecule has 3 heterocycles. The molecule has 4 amide bonds. The number of urea groups is 1. The molecule has 11 heteroatoms. The van der Waals surface area contributed by atoms with Gasteiger partial charge in [-0.05, 0) is 12.1 Å². The first-order chi connectivity index (χ1) is 11.0. The van der Waals surface area contributed by atoms with Gasteiger partial charge in [-0.1, -0.05) is 0 Å². The number of nitrogens with zero attached hydrogens (tertiary/aromatic N) is 4. The van der Waals surface area contributed by atoms with Crippen LogP contribution in [0.15, 0.2) is 18.3 Å². The van der Waals surface area contributed by atoms with Crippen molar-refractivity contribution in [1.29, 1.82) is 0 Å². The lowest BCUT2D eigenvalue weighted by Crippen LogP contribution is -2.32. The van der Waals surface area contributed by atoms with Gasteiger partial charge in [0.05, 0.1) is 18.3 Å². The van der Waals surface area contributed by atoms with E-state index in [0.29, 0.717) is 17.3 Å². The van der Waals surface area contributed by atoms with Crippen molar-refractivity contribution in [2.24, 2.45) is 5.73 Å². The van der Waals surface area contributed by atoms with E-state index in [-0.39, 0.29) is 12.2 Å². The van der Waals surface area contributed by atoms with Crippen LogP contribution in [0.2, 0.25) is 0 Å². The zero-order valence-electron chi connectivity index (χ0n) is 11.9. The summed E-state index contributed by atoms with van der Waals surface area (Å²) in [5.74, 6) is -1.35. The number of rotatable bonds is 5. The minimum absolute atomic E-state index is 0.0653. The number of hydrogen-bond donors (Lipinski definition) is 3. The standard InChI is InChI=1S/C12H14N6O5/c13-10(19)6-23-15-11(20)9-1-2-17(14-9)7-3-8-5-16(4-7)12(21)18(8)22/h1-3,8,22H,4-6H2,(H2,13,19)(H,15,20). The summed E-state index contributed by atoms with van der Waals surface area (Å²) >= 11 is 0. The van der Waals surface area contributed by atoms with E-state index >= 15 is 0 Å². The number of fused-ring (bicyclic) bond motifs is 2. The van der Waals surface area contributed by atoms with Gasteiger partial charge < -0.3 is 10.6 Å². The van der Waals surface area contributed by atoms with Gasteiger partial charge in [0.1, 0.15) is 0 Å². The van der Waals surface area contributed by atoms with Crippen molar-refractivity contribution in [3.8, 4) is 0 Å². The Morgan fingerprint density at radius 1 is 1.52 bits per heavy atom. The van der Waals surface area contributed by atoms with Crippen LogP contribution in [0.3, 0.4) is 0 Å². The summed E-state index contributed by atoms with van der Waals surface area (Å²) in [4.78, 5) is 40.0. The molecule has 2 aliphatic rings. The van der Waals surface area contributed by atoms with Gasteiger partial charge in [-0.15, -0.1) is 0 Å². The van der Waals surface area contributed by atoms with Crippen molar-refractivity contribution >= 4 is 23.5 Å². The summed E-state index contributed by atoms with van der Waals surface area (Å²) in [5.41, 5.74) is 7.64. The van der Waals surface area contributed by atoms with Gasteiger partial charge >= 0.3 is 6.03 Å². The topological polar surface area (TPSA) is 143 Å². The lowest BCUT2D eigenvalue weighted by Gasteiger charge is -2.20. The normalized spacial score (nSPS) is 19.8. The summed E-state index contributed by atoms with van der Waals surface area (Å²) in [6.45, 7) is 0.240. The van der Waals surface area contributed by atoms with Crippen LogP contribution in [0.4, 0.5) is 4.79 Å². The summed E-state index contributed by atoms with van der Waals surface area (Å²) < 4.78 is 1.44. The molecule has 11 nitrogen and oxygen atoms in total. The number of aromatic nitrogens is 2. The van der Waals surface area contributed by atoms with Crippen LogP contribution in [0.25, 0.3) is 5.70 Å². The fraction of sp³-hybridized carbons (Fsp3) is 0.333. The maximum absolute atomic E-state index is 11.8. The highest BCUT2D eigenvalue weighted by atomic mass is 16.7. The number of carbonyl (C=O) groups is 3. The minimum Gasteiger partial charge on any atom is -0.368 e. The van der Waals surface area contributed by atoms with Crippen molar-refractivity contribution in [3.63, 3.8) is 0 Å². The molecule has 0 aromatic carbocycles. The van der Waals surface area contributed by atoms with E-state index in [1.165, 1.54) is 15.6 Å². The molecule has 0 saturated carbocycles. The van der Waals surface area contributed by atoms with E-state index in [9.17, 15) is 19.6 Å². The molecular formula is C12H14N6O5. The van der Waals surface area contributed by atoms with E-state index < -0.39 is 30.5 Å². The second-order valence-corrected chi connectivity index (χ2v) is 5.06. The Labute approximate surface area is 129 Å². The Kier molecular flexibility index (Phi) is 3.72. The average molecular weight is 322 g/mol. The van der Waals surface area contributed by atoms with Gasteiger partial charge in [-0.3, -0.25) is 19.6 Å². The van der Waals surface area contributed by atoms with E-state index in [0.717, 1.165) is 0 Å². The maximum atomic E-state index is 11.8. The third-order valence-corrected chi connectivity index (χ3v) is 3.42. The SMILES string of the molecule is NC(=O)CONC(=O)c1ccn(C2=CC3CN(C2)C(=O)N3O)n1. The van der Waals surface area contributed by atoms with Crippen molar-refractivity contribution in [3.05, 3.63) is 24.0 Å². The van der Waals surface area contributed by atoms with Crippen LogP contribution in [-0.4, -0.2) is 68.5 Å². The Bertz CT molecular complexity index is 698. The number of nitrogens with two attached hydrogens (primary N) is 1. The number of hydrogen-bond acceptors (Lipinski definition) is 6. The number of amides is 4. The minimum atomic E-state index is -0.717. The fourth-order valence-electron chi connectivity index (χ4n) is 2.37. The van der Waals surface area contributed by atoms with Crippen molar-refractivity contribution < 1.29 is 24.4 Å². The van der Waals surface area contributed by atoms with Crippen LogP contribution in [0, 0.1) is 0 Å². The largest absolute Gasteiger partial charge is 0.368 e. The molecule has 1 unspecified atom stereocenters. The van der Waals surface area contributed by atoms with E-state index in [1.807, 2.05) is 5.48 Å². The fourth-order valence-corrected chi connectivity index (χ4v) is 2.37. The zero-order chi connectivity index (χ0) is 16.6. The molecule has 0 radical (unpaired) electrons. The number of hydroxylamine groups is 3. The van der Waals surface area contributed by atoms with E-state index in [2.05, 4.69) is 9.94 Å². The van der Waals surface area contributed by atoms with Gasteiger partial charge in [0.15, 0.2) is 12.3 Å². The Morgan fingerprint density at radius 3 is 3.00 bits per heavy atom. The van der Waals surface area contributed by atoms with Crippen molar-refractivity contribution in [2.45, 2.75) is 6.04 Å². The molecule has 1 fully saturated rings. The molecule has 0 aliphatic carbocycles. The van der Waals surface area contributed by atoms with Gasteiger partial charge in [-0.2, -0.15) is 10.2 Å². The first-order valence-corrected chi connectivity index (χ1v) is 6.70. The molecule has 3 rings (SSSR count). The Morgan fingerprint density at radius 2 is 2.30 bits per heavy atom. The second kappa shape index (κ2) is 5.70. The highest BCUT2D eigenvalue weighted by Gasteiger charge is 2.39. The van der Waals surface area contributed by atoms with Gasteiger partial charge in [-0.25, -0.2) is 15.0 Å². The lowest BCUT2D eigenvalue weighted by atomic mass is 10.2. The van der Waals surface area contributed by atoms with Crippen LogP contribution >= 0.6 is 0 Å². The monoisotopic (exact) mass is 322 g/mol. The second-order valence-electron chi connectivity index (χ2n) is 5.06. The number of nitrogens with one attached hydrogen (secondary N) is 1. The molecule has 0 spiro atoms. The van der Waals surface area contributed by atoms with Crippen molar-refractivity contribution in [2.75, 3.05) is 19.7 Å². The van der Waals surface area contributed by atoms with Crippen LogP contribution in [-0.2, 0) is 9.63 Å². The first kappa shape index (κ1) is 15.0. The van der Waals surface area contributed by atoms with E-state index in [4.69, 9.17) is 5.73 Å². The molecule has 1 aromatic heterocycles. The predicted octanol–water partition coefficient (Wildman–Crippen LogP) is -1.62. The average Bonchev–Trinajstić information content (AvgIpc) is 3.08. The predicted molar refractivity (Wildman–Crippen MR) is 73.5 cm³/mol. The molecule has 23 heavy (non-hydrogen) atoms. The zero-order valence-corrected chi connectivity index (χ0v) is 11.9. The molecular weight excluding hydrogens is 308 g/mol. The van der Waals surface area contributed by atoms with Gasteiger partial charge in [0.2, 0.25) is 5.91 Å². The molecule has 4 N–H and O–H groups in total. The third kappa shape index (κ3) is 2.86. The number of carbonyl (C=O) groups excluding carboxylic acids is 3. The number of primary amides is 1. The summed E-state index contributed by atoms with van der Waals surface area (Å²) in [5, 5.41) is 14.4. The molecule has 122 valence electrons. The highest BCUT2D eigenvalue weighted by Crippen LogP contribution is 2.24. The lowest BCUT2D eigenvalue weighted by molar-refractivity contribution is -0.124. The smallest absolute Gasteiger partial charge is 0.344 e. The Hall–Kier alpha value is -2.92. The quantitative estimate of drug-likeness (QED) is 0.439.